The molecule has 0 N–H and O–H groups in total. The van der Waals surface area contributed by atoms with E-state index < -0.39 is 0 Å². The van der Waals surface area contributed by atoms with Crippen LogP contribution in [0, 0.1) is 13.8 Å². The van der Waals surface area contributed by atoms with Gasteiger partial charge in [0.2, 0.25) is 5.91 Å². The molecule has 1 aliphatic heterocycles. The number of ketones is 1. The first-order chi connectivity index (χ1) is 13.5. The van der Waals surface area contributed by atoms with E-state index in [4.69, 9.17) is 4.74 Å². The van der Waals surface area contributed by atoms with Crippen molar-refractivity contribution in [1.29, 1.82) is 0 Å². The second-order valence-electron chi connectivity index (χ2n) is 7.66. The summed E-state index contributed by atoms with van der Waals surface area (Å²) in [4.78, 5) is 27.2. The Balaban J connectivity index is 1.58. The van der Waals surface area contributed by atoms with Crippen molar-refractivity contribution >= 4 is 11.7 Å². The molecule has 0 radical (unpaired) electrons. The van der Waals surface area contributed by atoms with E-state index in [2.05, 4.69) is 6.07 Å². The van der Waals surface area contributed by atoms with E-state index >= 15 is 0 Å². The van der Waals surface area contributed by atoms with Crippen LogP contribution in [0.15, 0.2) is 42.5 Å². The fourth-order valence-electron chi connectivity index (χ4n) is 3.87. The molecule has 1 heterocycles. The Bertz CT molecular complexity index is 859. The van der Waals surface area contributed by atoms with Crippen molar-refractivity contribution in [2.24, 2.45) is 0 Å². The predicted molar refractivity (Wildman–Crippen MR) is 111 cm³/mol. The van der Waals surface area contributed by atoms with Gasteiger partial charge in [0.05, 0.1) is 7.11 Å². The van der Waals surface area contributed by atoms with Crippen LogP contribution in [0.4, 0.5) is 0 Å². The average molecular weight is 380 g/mol. The lowest BCUT2D eigenvalue weighted by molar-refractivity contribution is -0.131. The van der Waals surface area contributed by atoms with Gasteiger partial charge in [-0.05, 0) is 68.0 Å². The van der Waals surface area contributed by atoms with E-state index in [9.17, 15) is 9.59 Å². The van der Waals surface area contributed by atoms with E-state index in [1.807, 2.05) is 55.1 Å². The lowest BCUT2D eigenvalue weighted by atomic mass is 10.0. The van der Waals surface area contributed by atoms with Crippen molar-refractivity contribution in [2.75, 3.05) is 13.7 Å². The number of nitrogens with zero attached hydrogens (tertiary/aromatic N) is 1. The number of ether oxygens (including phenoxy) is 1. The van der Waals surface area contributed by atoms with Gasteiger partial charge in [0.25, 0.3) is 0 Å². The highest BCUT2D eigenvalue weighted by molar-refractivity contribution is 5.98. The third-order valence-electron chi connectivity index (χ3n) is 5.70. The van der Waals surface area contributed by atoms with E-state index in [0.717, 1.165) is 37.1 Å². The van der Waals surface area contributed by atoms with Crippen LogP contribution in [0.25, 0.3) is 0 Å². The molecular formula is C24H29NO3. The molecule has 28 heavy (non-hydrogen) atoms. The summed E-state index contributed by atoms with van der Waals surface area (Å²) in [6.07, 6.45) is 3.40. The summed E-state index contributed by atoms with van der Waals surface area (Å²) in [6, 6.07) is 14.0. The van der Waals surface area contributed by atoms with Gasteiger partial charge in [-0.1, -0.05) is 24.3 Å². The second kappa shape index (κ2) is 9.05. The first-order valence-corrected chi connectivity index (χ1v) is 10.0. The van der Waals surface area contributed by atoms with Gasteiger partial charge in [-0.25, -0.2) is 0 Å². The van der Waals surface area contributed by atoms with Crippen LogP contribution in [-0.2, 0) is 11.2 Å². The van der Waals surface area contributed by atoms with Gasteiger partial charge < -0.3 is 9.64 Å². The van der Waals surface area contributed by atoms with Crippen molar-refractivity contribution < 1.29 is 14.3 Å². The number of hydrogen-bond donors (Lipinski definition) is 0. The molecule has 1 saturated heterocycles. The number of carbonyl (C=O) groups excluding carboxylic acids is 2. The minimum atomic E-state index is 0.0417. The molecule has 0 saturated carbocycles. The smallest absolute Gasteiger partial charge is 0.223 e. The average Bonchev–Trinajstić information content (AvgIpc) is 3.16. The van der Waals surface area contributed by atoms with Gasteiger partial charge in [0, 0.05) is 31.0 Å². The fraction of sp³-hybridized carbons (Fsp3) is 0.417. The molecular weight excluding hydrogens is 350 g/mol. The number of rotatable bonds is 7. The highest BCUT2D eigenvalue weighted by Crippen LogP contribution is 2.24. The zero-order valence-electron chi connectivity index (χ0n) is 17.0. The number of Topliss-reactive ketones (excluding diaryl/α,β-unsaturated/α-hetero) is 1. The number of amides is 1. The van der Waals surface area contributed by atoms with Gasteiger partial charge in [-0.3, -0.25) is 9.59 Å². The number of carbonyl (C=O) groups is 2. The van der Waals surface area contributed by atoms with Crippen molar-refractivity contribution in [2.45, 2.75) is 52.0 Å². The van der Waals surface area contributed by atoms with Crippen LogP contribution in [0.3, 0.4) is 0 Å². The summed E-state index contributed by atoms with van der Waals surface area (Å²) in [5.74, 6) is 0.968. The third-order valence-corrected chi connectivity index (χ3v) is 5.70. The Kier molecular flexibility index (Phi) is 6.50. The molecule has 1 fully saturated rings. The molecule has 4 nitrogen and oxygen atoms in total. The number of methoxy groups -OCH3 is 1. The maximum atomic E-state index is 12.8. The Hall–Kier alpha value is -2.62. The van der Waals surface area contributed by atoms with E-state index in [-0.39, 0.29) is 30.6 Å². The Morgan fingerprint density at radius 1 is 1.07 bits per heavy atom. The highest BCUT2D eigenvalue weighted by Gasteiger charge is 2.28. The van der Waals surface area contributed by atoms with Gasteiger partial charge >= 0.3 is 0 Å². The molecule has 0 aromatic heterocycles. The maximum Gasteiger partial charge on any atom is 0.223 e. The molecule has 1 aliphatic rings. The summed E-state index contributed by atoms with van der Waals surface area (Å²) in [5, 5.41) is 0. The van der Waals surface area contributed by atoms with E-state index in [0.29, 0.717) is 5.56 Å². The van der Waals surface area contributed by atoms with E-state index in [1.54, 1.807) is 7.11 Å². The maximum absolute atomic E-state index is 12.8. The Morgan fingerprint density at radius 2 is 1.89 bits per heavy atom. The van der Waals surface area contributed by atoms with Gasteiger partial charge in [-0.2, -0.15) is 0 Å². The quantitative estimate of drug-likeness (QED) is 0.665. The molecule has 4 heteroatoms. The van der Waals surface area contributed by atoms with E-state index in [1.165, 1.54) is 11.1 Å². The van der Waals surface area contributed by atoms with Crippen LogP contribution in [-0.4, -0.2) is 36.3 Å². The molecule has 1 atom stereocenters. The highest BCUT2D eigenvalue weighted by atomic mass is 16.5. The summed E-state index contributed by atoms with van der Waals surface area (Å²) in [5.41, 5.74) is 4.15. The van der Waals surface area contributed by atoms with Crippen LogP contribution in [0.1, 0.15) is 52.7 Å². The summed E-state index contributed by atoms with van der Waals surface area (Å²) >= 11 is 0. The van der Waals surface area contributed by atoms with Crippen LogP contribution < -0.4 is 4.74 Å². The van der Waals surface area contributed by atoms with Crippen LogP contribution >= 0.6 is 0 Å². The monoisotopic (exact) mass is 379 g/mol. The zero-order valence-corrected chi connectivity index (χ0v) is 17.0. The minimum absolute atomic E-state index is 0.0417. The molecule has 1 unspecified atom stereocenters. The lowest BCUT2D eigenvalue weighted by Gasteiger charge is -2.25. The Morgan fingerprint density at radius 3 is 2.64 bits per heavy atom. The van der Waals surface area contributed by atoms with Crippen molar-refractivity contribution in [1.82, 2.24) is 4.90 Å². The first kappa shape index (κ1) is 20.1. The van der Waals surface area contributed by atoms with Gasteiger partial charge in [0.15, 0.2) is 5.78 Å². The Labute approximate surface area is 167 Å². The predicted octanol–water partition coefficient (Wildman–Crippen LogP) is 4.51. The topological polar surface area (TPSA) is 46.6 Å². The number of benzene rings is 2. The standard InChI is InChI=1S/C24H29NO3/c1-17-9-10-20(14-18(17)2)23(26)11-12-24(27)25-13-5-7-21(25)15-19-6-4-8-22(16-19)28-3/h4,6,8-10,14,16,21H,5,7,11-13,15H2,1-3H3. The first-order valence-electron chi connectivity index (χ1n) is 10.0. The van der Waals surface area contributed by atoms with Crippen LogP contribution in [0.2, 0.25) is 0 Å². The molecule has 1 amide bonds. The summed E-state index contributed by atoms with van der Waals surface area (Å²) in [6.45, 7) is 4.82. The third kappa shape index (κ3) is 4.80. The molecule has 2 aromatic rings. The largest absolute Gasteiger partial charge is 0.497 e. The van der Waals surface area contributed by atoms with Gasteiger partial charge in [0.1, 0.15) is 5.75 Å². The van der Waals surface area contributed by atoms with Crippen LogP contribution in [0.5, 0.6) is 5.75 Å². The molecule has 3 rings (SSSR count). The number of likely N-dealkylation sites (tertiary alicyclic amines) is 1. The second-order valence-corrected chi connectivity index (χ2v) is 7.66. The minimum Gasteiger partial charge on any atom is -0.497 e. The van der Waals surface area contributed by atoms with Crippen molar-refractivity contribution in [3.05, 3.63) is 64.7 Å². The summed E-state index contributed by atoms with van der Waals surface area (Å²) in [7, 11) is 1.66. The number of aryl methyl sites for hydroxylation is 2. The van der Waals surface area contributed by atoms with Crippen molar-refractivity contribution in [3.63, 3.8) is 0 Å². The molecule has 0 bridgehead atoms. The van der Waals surface area contributed by atoms with Crippen molar-refractivity contribution in [3.8, 4) is 5.75 Å². The number of hydrogen-bond acceptors (Lipinski definition) is 3. The fourth-order valence-corrected chi connectivity index (χ4v) is 3.87. The van der Waals surface area contributed by atoms with Gasteiger partial charge in [-0.15, -0.1) is 0 Å². The molecule has 0 spiro atoms. The molecule has 148 valence electrons. The zero-order chi connectivity index (χ0) is 20.1. The summed E-state index contributed by atoms with van der Waals surface area (Å²) < 4.78 is 5.30. The molecule has 2 aromatic carbocycles. The normalized spacial score (nSPS) is 16.2. The SMILES string of the molecule is COc1cccc(CC2CCCN2C(=O)CCC(=O)c2ccc(C)c(C)c2)c1. The molecule has 0 aliphatic carbocycles. The lowest BCUT2D eigenvalue weighted by Crippen LogP contribution is -2.36.